The quantitative estimate of drug-likeness (QED) is 0.0261. The Morgan fingerprint density at radius 1 is 0.256 bits per heavy atom. The van der Waals surface area contributed by atoms with Gasteiger partial charge in [0, 0.05) is 19.3 Å². The van der Waals surface area contributed by atoms with Gasteiger partial charge in [-0.1, -0.05) is 303 Å². The zero-order valence-electron chi connectivity index (χ0n) is 53.7. The molecular weight excluding hydrogens is 1010 g/mol. The van der Waals surface area contributed by atoms with Crippen LogP contribution in [0.15, 0.2) is 122 Å². The molecule has 0 bridgehead atoms. The van der Waals surface area contributed by atoms with E-state index in [2.05, 4.69) is 142 Å². The first-order valence-electron chi connectivity index (χ1n) is 34.5. The van der Waals surface area contributed by atoms with E-state index in [4.69, 9.17) is 14.2 Å². The molecule has 0 fully saturated rings. The highest BCUT2D eigenvalue weighted by atomic mass is 16.6. The molecule has 0 heterocycles. The number of carbonyl (C=O) groups excluding carboxylic acids is 3. The lowest BCUT2D eigenvalue weighted by Crippen LogP contribution is -2.30. The van der Waals surface area contributed by atoms with E-state index in [0.717, 1.165) is 141 Å². The molecule has 6 heteroatoms. The maximum Gasteiger partial charge on any atom is 0.306 e. The zero-order valence-corrected chi connectivity index (χ0v) is 53.7. The Morgan fingerprint density at radius 3 is 0.744 bits per heavy atom. The van der Waals surface area contributed by atoms with E-state index in [0.29, 0.717) is 19.3 Å². The second-order valence-corrected chi connectivity index (χ2v) is 22.7. The first-order valence-corrected chi connectivity index (χ1v) is 34.5. The molecule has 0 aromatic carbocycles. The van der Waals surface area contributed by atoms with Crippen molar-refractivity contribution in [2.75, 3.05) is 13.2 Å². The molecule has 0 saturated heterocycles. The third kappa shape index (κ3) is 66.6. The fourth-order valence-corrected chi connectivity index (χ4v) is 9.56. The normalized spacial score (nSPS) is 12.9. The van der Waals surface area contributed by atoms with Crippen molar-refractivity contribution in [3.05, 3.63) is 122 Å². The first kappa shape index (κ1) is 77.8. The SMILES string of the molecule is CC/C=C\C/C=C\C/C=C\C/C=C\C/C=C\CCCCCCCCCCCCCCCCCCCC(=O)OCC(COC(=O)CCCCCCC/C=C\C/C=C\CCCC)OC(=O)CCCCCCCCC/C=C\C/C=C\C/C=C\CC. The van der Waals surface area contributed by atoms with Crippen molar-refractivity contribution >= 4 is 17.9 Å². The Hall–Kier alpha value is -4.19. The van der Waals surface area contributed by atoms with Crippen LogP contribution in [0.3, 0.4) is 0 Å². The van der Waals surface area contributed by atoms with Gasteiger partial charge in [0.15, 0.2) is 6.10 Å². The molecule has 0 aliphatic carbocycles. The van der Waals surface area contributed by atoms with Gasteiger partial charge >= 0.3 is 17.9 Å². The number of hydrogen-bond donors (Lipinski definition) is 0. The Labute approximate surface area is 507 Å². The lowest BCUT2D eigenvalue weighted by atomic mass is 10.0. The molecule has 0 spiro atoms. The van der Waals surface area contributed by atoms with Gasteiger partial charge in [0.2, 0.25) is 0 Å². The molecule has 0 N–H and O–H groups in total. The summed E-state index contributed by atoms with van der Waals surface area (Å²) >= 11 is 0. The molecule has 0 saturated carbocycles. The van der Waals surface area contributed by atoms with E-state index >= 15 is 0 Å². The average Bonchev–Trinajstić information content (AvgIpc) is 3.47. The number of hydrogen-bond acceptors (Lipinski definition) is 6. The van der Waals surface area contributed by atoms with Crippen LogP contribution in [-0.2, 0) is 28.6 Å². The Kier molecular flexibility index (Phi) is 65.8. The summed E-state index contributed by atoms with van der Waals surface area (Å²) in [6, 6.07) is 0. The average molecular weight is 1140 g/mol. The number of carbonyl (C=O) groups is 3. The van der Waals surface area contributed by atoms with Gasteiger partial charge in [-0.2, -0.15) is 0 Å². The molecule has 0 aromatic rings. The van der Waals surface area contributed by atoms with Crippen LogP contribution >= 0.6 is 0 Å². The van der Waals surface area contributed by atoms with Crippen molar-refractivity contribution in [2.45, 2.75) is 329 Å². The molecule has 0 amide bonds. The molecule has 6 nitrogen and oxygen atoms in total. The second kappa shape index (κ2) is 69.3. The molecular formula is C76H128O6. The van der Waals surface area contributed by atoms with Gasteiger partial charge in [-0.25, -0.2) is 0 Å². The fourth-order valence-electron chi connectivity index (χ4n) is 9.56. The van der Waals surface area contributed by atoms with Crippen LogP contribution in [-0.4, -0.2) is 37.2 Å². The zero-order chi connectivity index (χ0) is 59.2. The van der Waals surface area contributed by atoms with Crippen molar-refractivity contribution in [3.63, 3.8) is 0 Å². The van der Waals surface area contributed by atoms with Crippen molar-refractivity contribution in [2.24, 2.45) is 0 Å². The molecule has 0 aliphatic heterocycles. The number of ether oxygens (including phenoxy) is 3. The lowest BCUT2D eigenvalue weighted by molar-refractivity contribution is -0.167. The largest absolute Gasteiger partial charge is 0.462 e. The molecule has 0 radical (unpaired) electrons. The van der Waals surface area contributed by atoms with Gasteiger partial charge in [-0.05, 0) is 122 Å². The predicted octanol–water partition coefficient (Wildman–Crippen LogP) is 23.9. The van der Waals surface area contributed by atoms with Crippen LogP contribution in [0.1, 0.15) is 323 Å². The fraction of sp³-hybridized carbons (Fsp3) is 0.697. The van der Waals surface area contributed by atoms with Crippen LogP contribution in [0.4, 0.5) is 0 Å². The summed E-state index contributed by atoms with van der Waals surface area (Å²) < 4.78 is 16.9. The van der Waals surface area contributed by atoms with Crippen molar-refractivity contribution < 1.29 is 28.6 Å². The third-order valence-corrected chi connectivity index (χ3v) is 14.7. The van der Waals surface area contributed by atoms with Gasteiger partial charge in [-0.3, -0.25) is 14.4 Å². The maximum absolute atomic E-state index is 12.9. The van der Waals surface area contributed by atoms with Crippen LogP contribution < -0.4 is 0 Å². The second-order valence-electron chi connectivity index (χ2n) is 22.7. The minimum absolute atomic E-state index is 0.0859. The number of rotatable bonds is 62. The van der Waals surface area contributed by atoms with E-state index in [1.54, 1.807) is 0 Å². The Bertz CT molecular complexity index is 1690. The molecule has 1 atom stereocenters. The predicted molar refractivity (Wildman–Crippen MR) is 357 cm³/mol. The van der Waals surface area contributed by atoms with Gasteiger partial charge in [-0.15, -0.1) is 0 Å². The van der Waals surface area contributed by atoms with E-state index in [-0.39, 0.29) is 31.1 Å². The number of unbranched alkanes of at least 4 members (excludes halogenated alkanes) is 31. The molecule has 82 heavy (non-hydrogen) atoms. The van der Waals surface area contributed by atoms with E-state index in [9.17, 15) is 14.4 Å². The smallest absolute Gasteiger partial charge is 0.306 e. The van der Waals surface area contributed by atoms with E-state index in [1.807, 2.05) is 0 Å². The summed E-state index contributed by atoms with van der Waals surface area (Å²) in [5.41, 5.74) is 0. The highest BCUT2D eigenvalue weighted by Gasteiger charge is 2.19. The molecule has 0 aromatic heterocycles. The summed E-state index contributed by atoms with van der Waals surface area (Å²) in [7, 11) is 0. The Morgan fingerprint density at radius 2 is 0.476 bits per heavy atom. The summed E-state index contributed by atoms with van der Waals surface area (Å²) in [5.74, 6) is -0.900. The van der Waals surface area contributed by atoms with Crippen LogP contribution in [0.5, 0.6) is 0 Å². The molecule has 0 rings (SSSR count). The summed E-state index contributed by atoms with van der Waals surface area (Å²) in [5, 5.41) is 0. The van der Waals surface area contributed by atoms with E-state index in [1.165, 1.54) is 141 Å². The first-order chi connectivity index (χ1) is 40.5. The van der Waals surface area contributed by atoms with Gasteiger partial charge in [0.05, 0.1) is 0 Å². The van der Waals surface area contributed by atoms with Crippen LogP contribution in [0.25, 0.3) is 0 Å². The lowest BCUT2D eigenvalue weighted by Gasteiger charge is -2.18. The maximum atomic E-state index is 12.9. The topological polar surface area (TPSA) is 78.9 Å². The van der Waals surface area contributed by atoms with Gasteiger partial charge < -0.3 is 14.2 Å². The molecule has 0 aliphatic rings. The summed E-state index contributed by atoms with van der Waals surface area (Å²) in [6.07, 6.45) is 96.5. The Balaban J connectivity index is 4.21. The molecule has 1 unspecified atom stereocenters. The molecule has 468 valence electrons. The van der Waals surface area contributed by atoms with Crippen molar-refractivity contribution in [1.82, 2.24) is 0 Å². The highest BCUT2D eigenvalue weighted by molar-refractivity contribution is 5.71. The standard InChI is InChI=1S/C76H128O6/c1-4-7-10-13-16-19-22-25-28-30-31-32-33-34-35-36-37-38-39-40-41-42-43-44-45-47-48-51-54-57-60-63-66-69-75(78)81-72-73(71-80-74(77)68-65-62-59-56-53-50-27-24-21-18-15-12-9-6-3)82-76(79)70-67-64-61-58-55-52-49-46-29-26-23-20-17-14-11-8-5-2/h7-8,10-11,15-20,24-29,31-32,34-35,73H,4-6,9,12-14,21-23,30,33,36-72H2,1-3H3/b10-7-,11-8-,18-15-,19-16-,20-17-,27-24-,28-25-,29-26-,32-31-,35-34-. The minimum atomic E-state index is -0.791. The minimum Gasteiger partial charge on any atom is -0.462 e. The van der Waals surface area contributed by atoms with Gasteiger partial charge in [0.25, 0.3) is 0 Å². The monoisotopic (exact) mass is 1140 g/mol. The number of allylic oxidation sites excluding steroid dienone is 20. The van der Waals surface area contributed by atoms with Gasteiger partial charge in [0.1, 0.15) is 13.2 Å². The van der Waals surface area contributed by atoms with Crippen molar-refractivity contribution in [3.8, 4) is 0 Å². The van der Waals surface area contributed by atoms with Crippen molar-refractivity contribution in [1.29, 1.82) is 0 Å². The van der Waals surface area contributed by atoms with Crippen LogP contribution in [0.2, 0.25) is 0 Å². The summed E-state index contributed by atoms with van der Waals surface area (Å²) in [6.45, 7) is 6.38. The van der Waals surface area contributed by atoms with Crippen LogP contribution in [0, 0.1) is 0 Å². The third-order valence-electron chi connectivity index (χ3n) is 14.7. The summed E-state index contributed by atoms with van der Waals surface area (Å²) in [4.78, 5) is 38.4. The van der Waals surface area contributed by atoms with E-state index < -0.39 is 6.10 Å². The number of esters is 3. The highest BCUT2D eigenvalue weighted by Crippen LogP contribution is 2.17.